The molecule has 2 amide bonds. The Morgan fingerprint density at radius 1 is 1.19 bits per heavy atom. The molecule has 4 rings (SSSR count). The van der Waals surface area contributed by atoms with Crippen molar-refractivity contribution in [2.24, 2.45) is 5.41 Å². The number of para-hydroxylation sites is 1. The van der Waals surface area contributed by atoms with Gasteiger partial charge in [-0.05, 0) is 24.0 Å². The molecule has 3 heterocycles. The van der Waals surface area contributed by atoms with Gasteiger partial charge in [-0.3, -0.25) is 15.0 Å². The number of carbonyl (C=O) groups is 2. The van der Waals surface area contributed by atoms with Crippen molar-refractivity contribution in [2.75, 3.05) is 13.1 Å². The molecule has 2 atom stereocenters. The number of ether oxygens (including phenoxy) is 1. The molecule has 0 bridgehead atoms. The topological polar surface area (TPSA) is 82.7 Å². The minimum Gasteiger partial charge on any atom is -0.467 e. The zero-order valence-electron chi connectivity index (χ0n) is 16.2. The van der Waals surface area contributed by atoms with E-state index in [0.717, 1.165) is 6.42 Å². The first-order valence-electron chi connectivity index (χ1n) is 9.68. The fourth-order valence-electron chi connectivity index (χ4n) is 4.08. The largest absolute Gasteiger partial charge is 0.467 e. The van der Waals surface area contributed by atoms with E-state index in [1.54, 1.807) is 6.07 Å². The number of piperidine rings is 1. The maximum atomic E-state index is 12.9. The van der Waals surface area contributed by atoms with Crippen LogP contribution in [0.3, 0.4) is 0 Å². The molecule has 7 nitrogen and oxygen atoms in total. The zero-order valence-corrected chi connectivity index (χ0v) is 16.2. The summed E-state index contributed by atoms with van der Waals surface area (Å²) in [6.45, 7) is 7.65. The van der Waals surface area contributed by atoms with Crippen LogP contribution in [-0.2, 0) is 4.79 Å². The van der Waals surface area contributed by atoms with E-state index in [-0.39, 0.29) is 29.3 Å². The Hall–Kier alpha value is -2.12. The van der Waals surface area contributed by atoms with Gasteiger partial charge in [-0.2, -0.15) is 0 Å². The summed E-state index contributed by atoms with van der Waals surface area (Å²) in [5.41, 5.74) is 6.37. The first-order chi connectivity index (χ1) is 12.8. The number of likely N-dealkylation sites (tertiary alicyclic amines) is 1. The monoisotopic (exact) mass is 372 g/mol. The summed E-state index contributed by atoms with van der Waals surface area (Å²) < 4.78 is 6.15. The van der Waals surface area contributed by atoms with Crippen molar-refractivity contribution in [1.82, 2.24) is 21.1 Å². The average molecular weight is 372 g/mol. The SMILES string of the molecule is CC(C)(C)C1CC(C(=O)N2CCC3(CC2)NC(=O)c2ccccc2O3)NN1. The predicted molar refractivity (Wildman–Crippen MR) is 101 cm³/mol. The summed E-state index contributed by atoms with van der Waals surface area (Å²) in [7, 11) is 0. The Labute approximate surface area is 159 Å². The summed E-state index contributed by atoms with van der Waals surface area (Å²) in [6, 6.07) is 7.35. The highest BCUT2D eigenvalue weighted by Gasteiger charge is 2.45. The fraction of sp³-hybridized carbons (Fsp3) is 0.600. The Morgan fingerprint density at radius 2 is 1.89 bits per heavy atom. The molecule has 0 aliphatic carbocycles. The van der Waals surface area contributed by atoms with Crippen LogP contribution in [0.5, 0.6) is 5.75 Å². The first kappa shape index (κ1) is 18.3. The zero-order chi connectivity index (χ0) is 19.2. The van der Waals surface area contributed by atoms with E-state index < -0.39 is 5.72 Å². The van der Waals surface area contributed by atoms with E-state index in [9.17, 15) is 9.59 Å². The molecule has 0 saturated carbocycles. The summed E-state index contributed by atoms with van der Waals surface area (Å²) >= 11 is 0. The molecule has 2 unspecified atom stereocenters. The van der Waals surface area contributed by atoms with E-state index in [1.165, 1.54) is 0 Å². The van der Waals surface area contributed by atoms with Crippen molar-refractivity contribution in [3.05, 3.63) is 29.8 Å². The third-order valence-corrected chi connectivity index (χ3v) is 5.91. The highest BCUT2D eigenvalue weighted by atomic mass is 16.5. The average Bonchev–Trinajstić information content (AvgIpc) is 3.12. The number of rotatable bonds is 1. The highest BCUT2D eigenvalue weighted by Crippen LogP contribution is 2.34. The van der Waals surface area contributed by atoms with E-state index >= 15 is 0 Å². The molecule has 1 aromatic rings. The third-order valence-electron chi connectivity index (χ3n) is 5.91. The summed E-state index contributed by atoms with van der Waals surface area (Å²) in [4.78, 5) is 27.2. The molecule has 27 heavy (non-hydrogen) atoms. The van der Waals surface area contributed by atoms with Gasteiger partial charge in [0.05, 0.1) is 5.56 Å². The van der Waals surface area contributed by atoms with Crippen molar-refractivity contribution in [2.45, 2.75) is 57.8 Å². The molecular formula is C20H28N4O3. The summed E-state index contributed by atoms with van der Waals surface area (Å²) in [5, 5.41) is 3.02. The van der Waals surface area contributed by atoms with E-state index in [4.69, 9.17) is 4.74 Å². The van der Waals surface area contributed by atoms with Crippen LogP contribution < -0.4 is 20.9 Å². The van der Waals surface area contributed by atoms with Gasteiger partial charge in [-0.1, -0.05) is 32.9 Å². The number of nitrogens with one attached hydrogen (secondary N) is 3. The number of amides is 2. The minimum atomic E-state index is -0.711. The fourth-order valence-corrected chi connectivity index (χ4v) is 4.08. The maximum Gasteiger partial charge on any atom is 0.258 e. The molecule has 1 aromatic carbocycles. The number of hydrazine groups is 1. The molecule has 3 aliphatic heterocycles. The molecule has 1 spiro atoms. The lowest BCUT2D eigenvalue weighted by atomic mass is 9.84. The lowest BCUT2D eigenvalue weighted by Gasteiger charge is -2.44. The lowest BCUT2D eigenvalue weighted by Crippen LogP contribution is -2.62. The molecule has 7 heteroatoms. The van der Waals surface area contributed by atoms with Crippen LogP contribution in [0.15, 0.2) is 24.3 Å². The van der Waals surface area contributed by atoms with Crippen LogP contribution in [0.1, 0.15) is 50.4 Å². The van der Waals surface area contributed by atoms with Crippen LogP contribution in [0, 0.1) is 5.41 Å². The first-order valence-corrected chi connectivity index (χ1v) is 9.68. The van der Waals surface area contributed by atoms with Crippen LogP contribution in [0.25, 0.3) is 0 Å². The quantitative estimate of drug-likeness (QED) is 0.694. The van der Waals surface area contributed by atoms with E-state index in [0.29, 0.717) is 37.2 Å². The second-order valence-electron chi connectivity index (χ2n) is 8.87. The molecule has 146 valence electrons. The van der Waals surface area contributed by atoms with Gasteiger partial charge in [0.15, 0.2) is 5.72 Å². The molecule has 3 aliphatic rings. The molecule has 0 aromatic heterocycles. The minimum absolute atomic E-state index is 0.0988. The maximum absolute atomic E-state index is 12.9. The third kappa shape index (κ3) is 3.41. The number of fused-ring (bicyclic) bond motifs is 1. The van der Waals surface area contributed by atoms with Crippen LogP contribution >= 0.6 is 0 Å². The van der Waals surface area contributed by atoms with Gasteiger partial charge in [-0.25, -0.2) is 5.43 Å². The molecular weight excluding hydrogens is 344 g/mol. The van der Waals surface area contributed by atoms with E-state index in [2.05, 4.69) is 36.9 Å². The number of nitrogens with zero attached hydrogens (tertiary/aromatic N) is 1. The summed E-state index contributed by atoms with van der Waals surface area (Å²) in [5.74, 6) is 0.633. The van der Waals surface area contributed by atoms with Crippen molar-refractivity contribution >= 4 is 11.8 Å². The normalized spacial score (nSPS) is 27.1. The summed E-state index contributed by atoms with van der Waals surface area (Å²) in [6.07, 6.45) is 1.95. The molecule has 2 saturated heterocycles. The smallest absolute Gasteiger partial charge is 0.258 e. The number of hydrogen-bond acceptors (Lipinski definition) is 5. The second kappa shape index (κ2) is 6.49. The highest BCUT2D eigenvalue weighted by molar-refractivity contribution is 5.98. The van der Waals surface area contributed by atoms with Crippen molar-refractivity contribution < 1.29 is 14.3 Å². The van der Waals surface area contributed by atoms with Gasteiger partial charge in [0.25, 0.3) is 5.91 Å². The molecule has 0 radical (unpaired) electrons. The number of hydrogen-bond donors (Lipinski definition) is 3. The Morgan fingerprint density at radius 3 is 2.56 bits per heavy atom. The van der Waals surface area contributed by atoms with Gasteiger partial charge >= 0.3 is 0 Å². The van der Waals surface area contributed by atoms with Crippen LogP contribution in [-0.4, -0.2) is 47.6 Å². The Balaban J connectivity index is 1.38. The molecule has 3 N–H and O–H groups in total. The Bertz CT molecular complexity index is 750. The van der Waals surface area contributed by atoms with Crippen molar-refractivity contribution in [3.63, 3.8) is 0 Å². The van der Waals surface area contributed by atoms with Crippen molar-refractivity contribution in [1.29, 1.82) is 0 Å². The Kier molecular flexibility index (Phi) is 4.39. The van der Waals surface area contributed by atoms with Gasteiger partial charge < -0.3 is 15.0 Å². The second-order valence-corrected chi connectivity index (χ2v) is 8.87. The van der Waals surface area contributed by atoms with Crippen LogP contribution in [0.4, 0.5) is 0 Å². The van der Waals surface area contributed by atoms with Gasteiger partial charge in [0.2, 0.25) is 5.91 Å². The number of benzene rings is 1. The van der Waals surface area contributed by atoms with E-state index in [1.807, 2.05) is 23.1 Å². The number of carbonyl (C=O) groups excluding carboxylic acids is 2. The molecule has 2 fully saturated rings. The van der Waals surface area contributed by atoms with Gasteiger partial charge in [0, 0.05) is 32.0 Å². The van der Waals surface area contributed by atoms with Crippen LogP contribution in [0.2, 0.25) is 0 Å². The van der Waals surface area contributed by atoms with Gasteiger partial charge in [0.1, 0.15) is 11.8 Å². The lowest BCUT2D eigenvalue weighted by molar-refractivity contribution is -0.137. The standard InChI is InChI=1S/C20H28N4O3/c1-19(2,3)16-12-14(22-23-16)18(26)24-10-8-20(9-11-24)21-17(25)13-6-4-5-7-15(13)27-20/h4-7,14,16,22-23H,8-12H2,1-3H3,(H,21,25). The predicted octanol–water partition coefficient (Wildman–Crippen LogP) is 1.41. The van der Waals surface area contributed by atoms with Crippen molar-refractivity contribution in [3.8, 4) is 5.75 Å². The van der Waals surface area contributed by atoms with Gasteiger partial charge in [-0.15, -0.1) is 0 Å².